The number of fused-ring (bicyclic) bond motifs is 1. The first kappa shape index (κ1) is 13.8. The molecule has 0 aromatic heterocycles. The van der Waals surface area contributed by atoms with Crippen LogP contribution in [0.15, 0.2) is 0 Å². The summed E-state index contributed by atoms with van der Waals surface area (Å²) in [5.74, 6) is -3.51. The maximum Gasteiger partial charge on any atom is 0.311 e. The monoisotopic (exact) mass is 272 g/mol. The molecule has 0 aromatic rings. The minimum atomic E-state index is -0.899. The van der Waals surface area contributed by atoms with Gasteiger partial charge in [0.15, 0.2) is 0 Å². The number of carbonyl (C=O) groups excluding carboxylic acids is 3. The quantitative estimate of drug-likeness (QED) is 0.511. The van der Waals surface area contributed by atoms with E-state index in [9.17, 15) is 14.4 Å². The van der Waals surface area contributed by atoms with Crippen molar-refractivity contribution in [3.8, 4) is 0 Å². The predicted octanol–water partition coefficient (Wildman–Crippen LogP) is -0.127. The number of ether oxygens (including phenoxy) is 4. The van der Waals surface area contributed by atoms with Crippen molar-refractivity contribution in [2.75, 3.05) is 14.2 Å². The van der Waals surface area contributed by atoms with Gasteiger partial charge < -0.3 is 18.9 Å². The lowest BCUT2D eigenvalue weighted by Gasteiger charge is -2.31. The number of carbonyl (C=O) groups is 3. The van der Waals surface area contributed by atoms with Crippen molar-refractivity contribution in [3.05, 3.63) is 0 Å². The Balaban J connectivity index is 2.31. The molecule has 2 aliphatic heterocycles. The number of esters is 3. The average Bonchev–Trinajstić information content (AvgIpc) is 2.71. The lowest BCUT2D eigenvalue weighted by molar-refractivity contribution is -0.201. The minimum Gasteiger partial charge on any atom is -0.469 e. The minimum absolute atomic E-state index is 0.114. The summed E-state index contributed by atoms with van der Waals surface area (Å²) in [4.78, 5) is 35.1. The first-order chi connectivity index (χ1) is 8.99. The second-order valence-electron chi connectivity index (χ2n) is 4.66. The van der Waals surface area contributed by atoms with Crippen LogP contribution in [0.4, 0.5) is 0 Å². The smallest absolute Gasteiger partial charge is 0.311 e. The molecular formula is C12H16O7. The number of rotatable bonds is 2. The van der Waals surface area contributed by atoms with Gasteiger partial charge in [-0.25, -0.2) is 0 Å². The number of hydrogen-bond acceptors (Lipinski definition) is 7. The maximum atomic E-state index is 11.8. The molecule has 2 rings (SSSR count). The van der Waals surface area contributed by atoms with Crippen LogP contribution < -0.4 is 0 Å². The fourth-order valence-corrected chi connectivity index (χ4v) is 2.79. The van der Waals surface area contributed by atoms with Crippen molar-refractivity contribution < 1.29 is 33.3 Å². The fourth-order valence-electron chi connectivity index (χ4n) is 2.79. The molecule has 0 spiro atoms. The van der Waals surface area contributed by atoms with Crippen LogP contribution in [0.25, 0.3) is 0 Å². The lowest BCUT2D eigenvalue weighted by atomic mass is 9.77. The summed E-state index contributed by atoms with van der Waals surface area (Å²) in [6.07, 6.45) is -1.50. The van der Waals surface area contributed by atoms with Gasteiger partial charge in [0.1, 0.15) is 0 Å². The number of hydrogen-bond donors (Lipinski definition) is 0. The third-order valence-electron chi connectivity index (χ3n) is 3.66. The van der Waals surface area contributed by atoms with Gasteiger partial charge in [0.05, 0.1) is 44.5 Å². The predicted molar refractivity (Wildman–Crippen MR) is 59.5 cm³/mol. The van der Waals surface area contributed by atoms with Crippen LogP contribution in [-0.4, -0.2) is 44.5 Å². The molecule has 19 heavy (non-hydrogen) atoms. The first-order valence-electron chi connectivity index (χ1n) is 6.00. The SMILES string of the molecule is COC(=O)C1CC(=O)OC2OC(C)C(C(=O)OC)C21. The van der Waals surface area contributed by atoms with Crippen LogP contribution in [0, 0.1) is 17.8 Å². The summed E-state index contributed by atoms with van der Waals surface area (Å²) in [5, 5.41) is 0. The molecule has 106 valence electrons. The fraction of sp³-hybridized carbons (Fsp3) is 0.750. The van der Waals surface area contributed by atoms with Crippen LogP contribution >= 0.6 is 0 Å². The van der Waals surface area contributed by atoms with E-state index < -0.39 is 48.1 Å². The van der Waals surface area contributed by atoms with Crippen molar-refractivity contribution in [2.24, 2.45) is 17.8 Å². The molecular weight excluding hydrogens is 256 g/mol. The van der Waals surface area contributed by atoms with Gasteiger partial charge in [-0.1, -0.05) is 0 Å². The third kappa shape index (κ3) is 2.30. The largest absolute Gasteiger partial charge is 0.469 e. The summed E-state index contributed by atoms with van der Waals surface area (Å²) in [7, 11) is 2.51. The van der Waals surface area contributed by atoms with Gasteiger partial charge in [0.25, 0.3) is 0 Å². The van der Waals surface area contributed by atoms with Crippen LogP contribution in [-0.2, 0) is 33.3 Å². The molecule has 2 aliphatic rings. The van der Waals surface area contributed by atoms with E-state index in [4.69, 9.17) is 14.2 Å². The van der Waals surface area contributed by atoms with E-state index in [1.165, 1.54) is 14.2 Å². The molecule has 2 fully saturated rings. The maximum absolute atomic E-state index is 11.8. The molecule has 0 amide bonds. The molecule has 0 bridgehead atoms. The van der Waals surface area contributed by atoms with E-state index in [1.54, 1.807) is 6.92 Å². The molecule has 0 aliphatic carbocycles. The Morgan fingerprint density at radius 3 is 2.42 bits per heavy atom. The zero-order valence-electron chi connectivity index (χ0n) is 11.0. The van der Waals surface area contributed by atoms with E-state index in [1.807, 2.05) is 0 Å². The Morgan fingerprint density at radius 1 is 1.21 bits per heavy atom. The molecule has 0 radical (unpaired) electrons. The zero-order chi connectivity index (χ0) is 14.2. The normalized spacial score (nSPS) is 37.2. The van der Waals surface area contributed by atoms with E-state index in [-0.39, 0.29) is 6.42 Å². The standard InChI is InChI=1S/C12H16O7/c1-5-8(11(15)17-3)9-6(10(14)16-2)4-7(13)19-12(9)18-5/h5-6,8-9,12H,4H2,1-3H3. The van der Waals surface area contributed by atoms with E-state index in [0.717, 1.165) is 0 Å². The zero-order valence-corrected chi connectivity index (χ0v) is 11.0. The summed E-state index contributed by atoms with van der Waals surface area (Å²) in [5.41, 5.74) is 0. The molecule has 2 heterocycles. The second-order valence-corrected chi connectivity index (χ2v) is 4.66. The van der Waals surface area contributed by atoms with Gasteiger partial charge in [-0.2, -0.15) is 0 Å². The van der Waals surface area contributed by atoms with Crippen molar-refractivity contribution in [3.63, 3.8) is 0 Å². The van der Waals surface area contributed by atoms with Gasteiger partial charge in [0.2, 0.25) is 6.29 Å². The van der Waals surface area contributed by atoms with E-state index in [0.29, 0.717) is 0 Å². The van der Waals surface area contributed by atoms with Crippen molar-refractivity contribution >= 4 is 17.9 Å². The summed E-state index contributed by atoms with van der Waals surface area (Å²) in [6, 6.07) is 0. The van der Waals surface area contributed by atoms with Gasteiger partial charge in [-0.3, -0.25) is 14.4 Å². The molecule has 5 atom stereocenters. The lowest BCUT2D eigenvalue weighted by Crippen LogP contribution is -2.44. The third-order valence-corrected chi connectivity index (χ3v) is 3.66. The topological polar surface area (TPSA) is 88.1 Å². The summed E-state index contributed by atoms with van der Waals surface area (Å²) in [6.45, 7) is 1.68. The molecule has 7 heteroatoms. The van der Waals surface area contributed by atoms with Gasteiger partial charge in [0, 0.05) is 0 Å². The molecule has 0 N–H and O–H groups in total. The van der Waals surface area contributed by atoms with Crippen LogP contribution in [0.5, 0.6) is 0 Å². The second kappa shape index (κ2) is 5.16. The van der Waals surface area contributed by atoms with E-state index in [2.05, 4.69) is 4.74 Å². The highest BCUT2D eigenvalue weighted by Crippen LogP contribution is 2.43. The highest BCUT2D eigenvalue weighted by molar-refractivity contribution is 5.83. The van der Waals surface area contributed by atoms with Crippen LogP contribution in [0.2, 0.25) is 0 Å². The first-order valence-corrected chi connectivity index (χ1v) is 6.00. The van der Waals surface area contributed by atoms with Gasteiger partial charge in [-0.05, 0) is 6.92 Å². The molecule has 7 nitrogen and oxygen atoms in total. The molecule has 0 saturated carbocycles. The van der Waals surface area contributed by atoms with Crippen molar-refractivity contribution in [2.45, 2.75) is 25.7 Å². The average molecular weight is 272 g/mol. The van der Waals surface area contributed by atoms with Gasteiger partial charge >= 0.3 is 17.9 Å². The Bertz CT molecular complexity index is 405. The highest BCUT2D eigenvalue weighted by Gasteiger charge is 2.57. The highest BCUT2D eigenvalue weighted by atomic mass is 16.7. The molecule has 5 unspecified atom stereocenters. The Kier molecular flexibility index (Phi) is 3.75. The van der Waals surface area contributed by atoms with Crippen molar-refractivity contribution in [1.82, 2.24) is 0 Å². The summed E-state index contributed by atoms with van der Waals surface area (Å²) >= 11 is 0. The summed E-state index contributed by atoms with van der Waals surface area (Å²) < 4.78 is 19.9. The Morgan fingerprint density at radius 2 is 1.84 bits per heavy atom. The molecule has 2 saturated heterocycles. The van der Waals surface area contributed by atoms with E-state index >= 15 is 0 Å². The Hall–Kier alpha value is -1.63. The molecule has 0 aromatic carbocycles. The van der Waals surface area contributed by atoms with Crippen LogP contribution in [0.1, 0.15) is 13.3 Å². The Labute approximate surface area is 110 Å². The van der Waals surface area contributed by atoms with Gasteiger partial charge in [-0.15, -0.1) is 0 Å². The van der Waals surface area contributed by atoms with Crippen molar-refractivity contribution in [1.29, 1.82) is 0 Å². The number of methoxy groups -OCH3 is 2. The van der Waals surface area contributed by atoms with Crippen LogP contribution in [0.3, 0.4) is 0 Å².